The van der Waals surface area contributed by atoms with Gasteiger partial charge in [-0.2, -0.15) is 0 Å². The quantitative estimate of drug-likeness (QED) is 0.612. The van der Waals surface area contributed by atoms with Crippen LogP contribution < -0.4 is 5.32 Å². The number of hydrogen-bond donors (Lipinski definition) is 2. The van der Waals surface area contributed by atoms with E-state index in [4.69, 9.17) is 5.11 Å². The number of amides is 1. The third kappa shape index (κ3) is 3.95. The number of carboxylic acids is 1. The molecule has 1 unspecified atom stereocenters. The minimum Gasteiger partial charge on any atom is -0.481 e. The van der Waals surface area contributed by atoms with Crippen LogP contribution in [0.15, 0.2) is 0 Å². The molecule has 0 aromatic rings. The number of aliphatic carboxylic acids is 1. The molecule has 0 spiro atoms. The number of hydrogen-bond acceptors (Lipinski definition) is 2. The van der Waals surface area contributed by atoms with E-state index >= 15 is 0 Å². The first-order valence-corrected chi connectivity index (χ1v) is 3.79. The molecule has 1 atom stereocenters. The first kappa shape index (κ1) is 10.9. The van der Waals surface area contributed by atoms with Crippen molar-refractivity contribution in [1.29, 1.82) is 0 Å². The monoisotopic (exact) mass is 173 g/mol. The highest BCUT2D eigenvalue weighted by Crippen LogP contribution is 2.21. The Morgan fingerprint density at radius 3 is 2.33 bits per heavy atom. The Morgan fingerprint density at radius 2 is 2.08 bits per heavy atom. The number of rotatable bonds is 4. The van der Waals surface area contributed by atoms with E-state index in [-0.39, 0.29) is 17.9 Å². The Balaban J connectivity index is 4.22. The average molecular weight is 173 g/mol. The van der Waals surface area contributed by atoms with Crippen molar-refractivity contribution in [2.75, 3.05) is 0 Å². The van der Waals surface area contributed by atoms with Crippen LogP contribution in [0.3, 0.4) is 0 Å². The zero-order valence-corrected chi connectivity index (χ0v) is 7.63. The van der Waals surface area contributed by atoms with Gasteiger partial charge in [0.05, 0.1) is 6.42 Å². The van der Waals surface area contributed by atoms with Gasteiger partial charge in [-0.3, -0.25) is 9.59 Å². The summed E-state index contributed by atoms with van der Waals surface area (Å²) in [6, 6.07) is -0.313. The van der Waals surface area contributed by atoms with E-state index < -0.39 is 5.97 Å². The molecule has 0 aliphatic heterocycles. The molecular weight excluding hydrogens is 158 g/mol. The van der Waals surface area contributed by atoms with Crippen molar-refractivity contribution in [1.82, 2.24) is 5.32 Å². The summed E-state index contributed by atoms with van der Waals surface area (Å²) in [6.45, 7) is 5.66. The van der Waals surface area contributed by atoms with Crippen LogP contribution in [-0.2, 0) is 9.59 Å². The maximum atomic E-state index is 10.4. The van der Waals surface area contributed by atoms with E-state index in [0.29, 0.717) is 6.41 Å². The normalized spacial score (nSPS) is 13.6. The fourth-order valence-corrected chi connectivity index (χ4v) is 0.872. The van der Waals surface area contributed by atoms with Gasteiger partial charge < -0.3 is 10.4 Å². The van der Waals surface area contributed by atoms with Crippen molar-refractivity contribution in [3.63, 3.8) is 0 Å². The number of nitrogens with one attached hydrogen (secondary N) is 1. The Morgan fingerprint density at radius 1 is 1.58 bits per heavy atom. The lowest BCUT2D eigenvalue weighted by Gasteiger charge is -2.28. The molecule has 12 heavy (non-hydrogen) atoms. The van der Waals surface area contributed by atoms with Crippen LogP contribution in [0.1, 0.15) is 27.2 Å². The van der Waals surface area contributed by atoms with E-state index in [1.807, 2.05) is 20.8 Å². The maximum Gasteiger partial charge on any atom is 0.305 e. The van der Waals surface area contributed by atoms with Gasteiger partial charge in [0.1, 0.15) is 0 Å². The molecule has 4 nitrogen and oxygen atoms in total. The summed E-state index contributed by atoms with van der Waals surface area (Å²) in [5.74, 6) is -0.899. The summed E-state index contributed by atoms with van der Waals surface area (Å²) in [4.78, 5) is 20.5. The first-order valence-electron chi connectivity index (χ1n) is 3.79. The van der Waals surface area contributed by atoms with Gasteiger partial charge in [0.2, 0.25) is 6.41 Å². The predicted molar refractivity (Wildman–Crippen MR) is 44.7 cm³/mol. The van der Waals surface area contributed by atoms with E-state index in [2.05, 4.69) is 5.32 Å². The van der Waals surface area contributed by atoms with Crippen LogP contribution in [0.2, 0.25) is 0 Å². The molecule has 0 aromatic heterocycles. The summed E-state index contributed by atoms with van der Waals surface area (Å²) in [5.41, 5.74) is -0.223. The van der Waals surface area contributed by atoms with Crippen molar-refractivity contribution >= 4 is 12.4 Å². The highest BCUT2D eigenvalue weighted by molar-refractivity contribution is 5.68. The van der Waals surface area contributed by atoms with Crippen LogP contribution in [0.4, 0.5) is 0 Å². The predicted octanol–water partition coefficient (Wildman–Crippen LogP) is 0.622. The van der Waals surface area contributed by atoms with Gasteiger partial charge in [0, 0.05) is 6.04 Å². The molecule has 0 radical (unpaired) electrons. The maximum absolute atomic E-state index is 10.4. The molecule has 0 aromatic carbocycles. The van der Waals surface area contributed by atoms with Gasteiger partial charge in [0.25, 0.3) is 0 Å². The summed E-state index contributed by atoms with van der Waals surface area (Å²) in [5, 5.41) is 11.0. The van der Waals surface area contributed by atoms with Gasteiger partial charge in [0.15, 0.2) is 0 Å². The third-order valence-electron chi connectivity index (χ3n) is 1.69. The summed E-state index contributed by atoms with van der Waals surface area (Å²) in [7, 11) is 0. The number of carbonyl (C=O) groups excluding carboxylic acids is 1. The Bertz CT molecular complexity index is 172. The fraction of sp³-hybridized carbons (Fsp3) is 0.750. The molecule has 0 aliphatic rings. The van der Waals surface area contributed by atoms with Crippen LogP contribution in [0.5, 0.6) is 0 Å². The third-order valence-corrected chi connectivity index (χ3v) is 1.69. The van der Waals surface area contributed by atoms with Crippen molar-refractivity contribution in [2.24, 2.45) is 5.41 Å². The molecule has 0 fully saturated rings. The van der Waals surface area contributed by atoms with Crippen LogP contribution >= 0.6 is 0 Å². The Hall–Kier alpha value is -1.06. The smallest absolute Gasteiger partial charge is 0.305 e. The van der Waals surface area contributed by atoms with Crippen molar-refractivity contribution < 1.29 is 14.7 Å². The van der Waals surface area contributed by atoms with Gasteiger partial charge in [-0.15, -0.1) is 0 Å². The SMILES string of the molecule is CC(C)(C)C(CC(=O)O)NC=O. The van der Waals surface area contributed by atoms with Gasteiger partial charge >= 0.3 is 5.97 Å². The summed E-state index contributed by atoms with van der Waals surface area (Å²) < 4.78 is 0. The second-order valence-corrected chi connectivity index (χ2v) is 3.80. The van der Waals surface area contributed by atoms with Crippen molar-refractivity contribution in [3.05, 3.63) is 0 Å². The lowest BCUT2D eigenvalue weighted by molar-refractivity contribution is -0.138. The zero-order valence-electron chi connectivity index (χ0n) is 7.63. The number of carbonyl (C=O) groups is 2. The largest absolute Gasteiger partial charge is 0.481 e. The van der Waals surface area contributed by atoms with E-state index in [1.165, 1.54) is 0 Å². The minimum absolute atomic E-state index is 0.0394. The topological polar surface area (TPSA) is 66.4 Å². The fourth-order valence-electron chi connectivity index (χ4n) is 0.872. The molecule has 70 valence electrons. The Labute approximate surface area is 72.0 Å². The van der Waals surface area contributed by atoms with Gasteiger partial charge in [-0.05, 0) is 5.41 Å². The molecule has 0 saturated heterocycles. The molecule has 0 aliphatic carbocycles. The molecule has 0 rings (SSSR count). The van der Waals surface area contributed by atoms with Crippen molar-refractivity contribution in [3.8, 4) is 0 Å². The lowest BCUT2D eigenvalue weighted by Crippen LogP contribution is -2.41. The average Bonchev–Trinajstić information content (AvgIpc) is 1.83. The standard InChI is InChI=1S/C8H15NO3/c1-8(2,3)6(9-5-10)4-7(11)12/h5-6H,4H2,1-3H3,(H,9,10)(H,11,12). The second kappa shape index (κ2) is 4.09. The highest BCUT2D eigenvalue weighted by Gasteiger charge is 2.25. The van der Waals surface area contributed by atoms with Crippen LogP contribution in [0.25, 0.3) is 0 Å². The molecule has 0 bridgehead atoms. The lowest BCUT2D eigenvalue weighted by atomic mass is 9.85. The molecular formula is C8H15NO3. The minimum atomic E-state index is -0.899. The molecule has 0 heterocycles. The molecule has 1 amide bonds. The van der Waals surface area contributed by atoms with Gasteiger partial charge in [-0.25, -0.2) is 0 Å². The van der Waals surface area contributed by atoms with Crippen LogP contribution in [-0.4, -0.2) is 23.5 Å². The van der Waals surface area contributed by atoms with Crippen molar-refractivity contribution in [2.45, 2.75) is 33.2 Å². The highest BCUT2D eigenvalue weighted by atomic mass is 16.4. The number of carboxylic acid groups (broad SMARTS) is 1. The molecule has 4 heteroatoms. The summed E-state index contributed by atoms with van der Waals surface area (Å²) in [6.07, 6.45) is 0.501. The van der Waals surface area contributed by atoms with Crippen LogP contribution in [0, 0.1) is 5.41 Å². The zero-order chi connectivity index (χ0) is 9.78. The van der Waals surface area contributed by atoms with E-state index in [0.717, 1.165) is 0 Å². The molecule has 2 N–H and O–H groups in total. The first-order chi connectivity index (χ1) is 5.38. The Kier molecular flexibility index (Phi) is 3.73. The summed E-state index contributed by atoms with van der Waals surface area (Å²) >= 11 is 0. The van der Waals surface area contributed by atoms with E-state index in [9.17, 15) is 9.59 Å². The van der Waals surface area contributed by atoms with Gasteiger partial charge in [-0.1, -0.05) is 20.8 Å². The molecule has 0 saturated carbocycles. The van der Waals surface area contributed by atoms with E-state index in [1.54, 1.807) is 0 Å². The second-order valence-electron chi connectivity index (χ2n) is 3.80.